The predicted molar refractivity (Wildman–Crippen MR) is 82.8 cm³/mol. The first-order valence-electron chi connectivity index (χ1n) is 7.07. The molecule has 0 saturated heterocycles. The molecule has 0 aromatic carbocycles. The zero-order chi connectivity index (χ0) is 14.3. The zero-order valence-corrected chi connectivity index (χ0v) is 13.0. The van der Waals surface area contributed by atoms with Crippen molar-refractivity contribution < 1.29 is 0 Å². The number of anilines is 1. The second-order valence-electron chi connectivity index (χ2n) is 5.38. The molecule has 1 N–H and O–H groups in total. The summed E-state index contributed by atoms with van der Waals surface area (Å²) in [5.41, 5.74) is 2.40. The molecule has 0 aliphatic heterocycles. The average molecular weight is 264 g/mol. The van der Waals surface area contributed by atoms with Gasteiger partial charge in [-0.2, -0.15) is 0 Å². The van der Waals surface area contributed by atoms with Crippen LogP contribution in [-0.4, -0.2) is 50.7 Å². The summed E-state index contributed by atoms with van der Waals surface area (Å²) in [4.78, 5) is 9.03. The number of pyridine rings is 1. The molecule has 0 fully saturated rings. The van der Waals surface area contributed by atoms with E-state index < -0.39 is 0 Å². The van der Waals surface area contributed by atoms with Crippen molar-refractivity contribution in [1.82, 2.24) is 15.2 Å². The SMILES string of the molecule is CCCNCc1cc(C)nc(N(C)CCN(C)C)c1. The van der Waals surface area contributed by atoms with Crippen molar-refractivity contribution >= 4 is 5.82 Å². The molecule has 19 heavy (non-hydrogen) atoms. The largest absolute Gasteiger partial charge is 0.358 e. The van der Waals surface area contributed by atoms with Gasteiger partial charge in [-0.05, 0) is 51.7 Å². The van der Waals surface area contributed by atoms with Crippen molar-refractivity contribution in [2.75, 3.05) is 45.7 Å². The van der Waals surface area contributed by atoms with Crippen LogP contribution < -0.4 is 10.2 Å². The number of rotatable bonds is 8. The average Bonchev–Trinajstić information content (AvgIpc) is 2.35. The van der Waals surface area contributed by atoms with E-state index in [2.05, 4.69) is 67.2 Å². The number of nitrogens with zero attached hydrogens (tertiary/aromatic N) is 3. The second-order valence-corrected chi connectivity index (χ2v) is 5.38. The third-order valence-corrected chi connectivity index (χ3v) is 3.03. The second kappa shape index (κ2) is 8.12. The van der Waals surface area contributed by atoms with E-state index in [1.165, 1.54) is 12.0 Å². The third-order valence-electron chi connectivity index (χ3n) is 3.03. The number of likely N-dealkylation sites (N-methyl/N-ethyl adjacent to an activating group) is 2. The van der Waals surface area contributed by atoms with E-state index in [-0.39, 0.29) is 0 Å². The van der Waals surface area contributed by atoms with Gasteiger partial charge < -0.3 is 15.1 Å². The van der Waals surface area contributed by atoms with Crippen molar-refractivity contribution in [3.05, 3.63) is 23.4 Å². The Balaban J connectivity index is 2.66. The summed E-state index contributed by atoms with van der Waals surface area (Å²) in [6.45, 7) is 8.26. The lowest BCUT2D eigenvalue weighted by Crippen LogP contribution is -2.29. The lowest BCUT2D eigenvalue weighted by Gasteiger charge is -2.21. The summed E-state index contributed by atoms with van der Waals surface area (Å²) in [5.74, 6) is 1.06. The van der Waals surface area contributed by atoms with Gasteiger partial charge in [0, 0.05) is 32.4 Å². The molecule has 1 rings (SSSR count). The van der Waals surface area contributed by atoms with Gasteiger partial charge in [-0.3, -0.25) is 0 Å². The molecule has 0 bridgehead atoms. The van der Waals surface area contributed by atoms with Crippen molar-refractivity contribution in [3.63, 3.8) is 0 Å². The molecule has 0 amide bonds. The molecule has 1 aromatic rings. The van der Waals surface area contributed by atoms with Gasteiger partial charge in [-0.1, -0.05) is 6.92 Å². The summed E-state index contributed by atoms with van der Waals surface area (Å²) in [5, 5.41) is 3.44. The summed E-state index contributed by atoms with van der Waals surface area (Å²) in [6, 6.07) is 4.34. The maximum absolute atomic E-state index is 4.62. The number of aryl methyl sites for hydroxylation is 1. The molecule has 1 heterocycles. The number of hydrogen-bond donors (Lipinski definition) is 1. The molecule has 4 heteroatoms. The van der Waals surface area contributed by atoms with Crippen LogP contribution in [0.25, 0.3) is 0 Å². The van der Waals surface area contributed by atoms with Crippen LogP contribution in [-0.2, 0) is 6.54 Å². The highest BCUT2D eigenvalue weighted by atomic mass is 15.2. The van der Waals surface area contributed by atoms with Gasteiger partial charge in [0.05, 0.1) is 0 Å². The van der Waals surface area contributed by atoms with Crippen molar-refractivity contribution in [2.45, 2.75) is 26.8 Å². The fourth-order valence-electron chi connectivity index (χ4n) is 1.89. The molecule has 0 radical (unpaired) electrons. The summed E-state index contributed by atoms with van der Waals surface area (Å²) < 4.78 is 0. The van der Waals surface area contributed by atoms with E-state index in [4.69, 9.17) is 0 Å². The minimum atomic E-state index is 0.922. The lowest BCUT2D eigenvalue weighted by molar-refractivity contribution is 0.416. The fraction of sp³-hybridized carbons (Fsp3) is 0.667. The molecule has 1 aromatic heterocycles. The van der Waals surface area contributed by atoms with Crippen LogP contribution in [0.4, 0.5) is 5.82 Å². The Hall–Kier alpha value is -1.13. The van der Waals surface area contributed by atoms with E-state index in [9.17, 15) is 0 Å². The Labute approximate surface area is 117 Å². The standard InChI is InChI=1S/C15H28N4/c1-6-7-16-12-14-10-13(2)17-15(11-14)19(5)9-8-18(3)4/h10-11,16H,6-9,12H2,1-5H3. The maximum atomic E-state index is 4.62. The topological polar surface area (TPSA) is 31.4 Å². The van der Waals surface area contributed by atoms with Gasteiger partial charge in [0.1, 0.15) is 5.82 Å². The van der Waals surface area contributed by atoms with E-state index >= 15 is 0 Å². The number of aromatic nitrogens is 1. The zero-order valence-electron chi connectivity index (χ0n) is 13.0. The van der Waals surface area contributed by atoms with Crippen LogP contribution in [0.2, 0.25) is 0 Å². The van der Waals surface area contributed by atoms with Crippen LogP contribution >= 0.6 is 0 Å². The first-order chi connectivity index (χ1) is 9.02. The van der Waals surface area contributed by atoms with E-state index in [0.717, 1.165) is 37.7 Å². The molecule has 0 aliphatic rings. The Bertz CT molecular complexity index is 376. The fourth-order valence-corrected chi connectivity index (χ4v) is 1.89. The van der Waals surface area contributed by atoms with Gasteiger partial charge in [-0.15, -0.1) is 0 Å². The molecule has 0 spiro atoms. The van der Waals surface area contributed by atoms with Crippen LogP contribution in [0.3, 0.4) is 0 Å². The van der Waals surface area contributed by atoms with Gasteiger partial charge in [0.15, 0.2) is 0 Å². The normalized spacial score (nSPS) is 11.1. The van der Waals surface area contributed by atoms with Crippen LogP contribution in [0.15, 0.2) is 12.1 Å². The van der Waals surface area contributed by atoms with E-state index in [0.29, 0.717) is 0 Å². The third kappa shape index (κ3) is 6.03. The molecule has 0 atom stereocenters. The molecule has 108 valence electrons. The summed E-state index contributed by atoms with van der Waals surface area (Å²) >= 11 is 0. The van der Waals surface area contributed by atoms with Gasteiger partial charge in [0.2, 0.25) is 0 Å². The Morgan fingerprint density at radius 3 is 2.53 bits per heavy atom. The van der Waals surface area contributed by atoms with Crippen LogP contribution in [0, 0.1) is 6.92 Å². The number of nitrogens with one attached hydrogen (secondary N) is 1. The molecule has 0 unspecified atom stereocenters. The lowest BCUT2D eigenvalue weighted by atomic mass is 10.2. The highest BCUT2D eigenvalue weighted by Gasteiger charge is 2.05. The minimum absolute atomic E-state index is 0.922. The first-order valence-corrected chi connectivity index (χ1v) is 7.07. The van der Waals surface area contributed by atoms with Crippen LogP contribution in [0.1, 0.15) is 24.6 Å². The van der Waals surface area contributed by atoms with Gasteiger partial charge >= 0.3 is 0 Å². The Morgan fingerprint density at radius 2 is 1.89 bits per heavy atom. The van der Waals surface area contributed by atoms with E-state index in [1.54, 1.807) is 0 Å². The van der Waals surface area contributed by atoms with Gasteiger partial charge in [-0.25, -0.2) is 4.98 Å². The van der Waals surface area contributed by atoms with Crippen molar-refractivity contribution in [2.24, 2.45) is 0 Å². The quantitative estimate of drug-likeness (QED) is 0.727. The smallest absolute Gasteiger partial charge is 0.128 e. The molecular weight excluding hydrogens is 236 g/mol. The molecular formula is C15H28N4. The minimum Gasteiger partial charge on any atom is -0.358 e. The molecule has 0 saturated carbocycles. The van der Waals surface area contributed by atoms with Crippen LogP contribution in [0.5, 0.6) is 0 Å². The van der Waals surface area contributed by atoms with Gasteiger partial charge in [0.25, 0.3) is 0 Å². The first kappa shape index (κ1) is 15.9. The molecule has 4 nitrogen and oxygen atoms in total. The summed E-state index contributed by atoms with van der Waals surface area (Å²) in [7, 11) is 6.30. The maximum Gasteiger partial charge on any atom is 0.128 e. The Morgan fingerprint density at radius 1 is 1.16 bits per heavy atom. The van der Waals surface area contributed by atoms with Crippen molar-refractivity contribution in [3.8, 4) is 0 Å². The van der Waals surface area contributed by atoms with E-state index in [1.807, 2.05) is 0 Å². The van der Waals surface area contributed by atoms with Crippen molar-refractivity contribution in [1.29, 1.82) is 0 Å². The predicted octanol–water partition coefficient (Wildman–Crippen LogP) is 1.89. The number of hydrogen-bond acceptors (Lipinski definition) is 4. The highest BCUT2D eigenvalue weighted by Crippen LogP contribution is 2.13. The monoisotopic (exact) mass is 264 g/mol. The molecule has 0 aliphatic carbocycles. The highest BCUT2D eigenvalue weighted by molar-refractivity contribution is 5.41. The summed E-state index contributed by atoms with van der Waals surface area (Å²) in [6.07, 6.45) is 1.17. The Kier molecular flexibility index (Phi) is 6.81.